The molecule has 2 heterocycles. The largest absolute Gasteiger partial charge is 0.379 e. The molecule has 3 rings (SSSR count). The van der Waals surface area contributed by atoms with Crippen molar-refractivity contribution in [2.75, 3.05) is 26.2 Å². The monoisotopic (exact) mass is 567 g/mol. The van der Waals surface area contributed by atoms with Gasteiger partial charge in [-0.1, -0.05) is 25.6 Å². The number of hydroxylamine groups is 1. The van der Waals surface area contributed by atoms with Crippen LogP contribution < -0.4 is 16.5 Å². The Balaban J connectivity index is 1.62. The number of rotatable bonds is 13. The highest BCUT2D eigenvalue weighted by atomic mass is 127. The van der Waals surface area contributed by atoms with Gasteiger partial charge >= 0.3 is 0 Å². The molecule has 1 aliphatic rings. The molecule has 0 radical (unpaired) electrons. The minimum atomic E-state index is -1.23. The smallest absolute Gasteiger partial charge is 0.136 e. The zero-order valence-electron chi connectivity index (χ0n) is 19.4. The first-order chi connectivity index (χ1) is 15.8. The molecule has 0 bridgehead atoms. The average molecular weight is 567 g/mol. The number of nitrogens with one attached hydrogen (secondary N) is 2. The molecular weight excluding hydrogens is 532 g/mol. The summed E-state index contributed by atoms with van der Waals surface area (Å²) in [6.45, 7) is 12.2. The van der Waals surface area contributed by atoms with Gasteiger partial charge in [0.2, 0.25) is 0 Å². The number of aryl methyl sites for hydroxylation is 1. The van der Waals surface area contributed by atoms with Crippen molar-refractivity contribution in [3.63, 3.8) is 0 Å². The van der Waals surface area contributed by atoms with Crippen molar-refractivity contribution in [1.82, 2.24) is 20.7 Å². The third kappa shape index (κ3) is 7.11. The van der Waals surface area contributed by atoms with Crippen molar-refractivity contribution in [3.8, 4) is 0 Å². The van der Waals surface area contributed by atoms with E-state index in [1.165, 1.54) is 5.56 Å². The number of aromatic nitrogens is 1. The number of unbranched alkanes of at least 4 members (excludes halogenated alkanes) is 2. The van der Waals surface area contributed by atoms with E-state index in [-0.39, 0.29) is 6.04 Å². The highest BCUT2D eigenvalue weighted by Crippen LogP contribution is 2.32. The SMILES string of the molecule is C=C(NCC(=C)N1CC(C)(F)CC1CN)c1ccnc2ccc(CCCCCNOI)cc12. The van der Waals surface area contributed by atoms with Gasteiger partial charge in [-0.25, -0.2) is 7.56 Å². The van der Waals surface area contributed by atoms with E-state index in [2.05, 4.69) is 47.1 Å². The van der Waals surface area contributed by atoms with Crippen LogP contribution >= 0.6 is 23.0 Å². The summed E-state index contributed by atoms with van der Waals surface area (Å²) < 4.78 is 19.4. The lowest BCUT2D eigenvalue weighted by Crippen LogP contribution is -2.37. The summed E-state index contributed by atoms with van der Waals surface area (Å²) in [4.78, 5) is 6.51. The van der Waals surface area contributed by atoms with E-state index in [0.29, 0.717) is 26.1 Å². The second-order valence-electron chi connectivity index (χ2n) is 9.03. The summed E-state index contributed by atoms with van der Waals surface area (Å²) in [6, 6.07) is 8.40. The van der Waals surface area contributed by atoms with Gasteiger partial charge < -0.3 is 16.0 Å². The normalized spacial score (nSPS) is 20.4. The highest BCUT2D eigenvalue weighted by molar-refractivity contribution is 14.1. The van der Waals surface area contributed by atoms with Gasteiger partial charge in [0.15, 0.2) is 0 Å². The molecule has 4 N–H and O–H groups in total. The predicted octanol–water partition coefficient (Wildman–Crippen LogP) is 4.65. The van der Waals surface area contributed by atoms with Crippen LogP contribution in [-0.4, -0.2) is 47.8 Å². The third-order valence-corrected chi connectivity index (χ3v) is 6.53. The van der Waals surface area contributed by atoms with Crippen molar-refractivity contribution >= 4 is 39.6 Å². The molecule has 1 aromatic heterocycles. The summed E-state index contributed by atoms with van der Waals surface area (Å²) >= 11 is 1.84. The maximum atomic E-state index is 14.5. The second kappa shape index (κ2) is 12.1. The molecule has 180 valence electrons. The first-order valence-electron chi connectivity index (χ1n) is 11.5. The molecule has 2 atom stereocenters. The molecular formula is C25H35FIN5O. The number of nitrogens with zero attached hydrogens (tertiary/aromatic N) is 2. The summed E-state index contributed by atoms with van der Waals surface area (Å²) in [5.74, 6) is 0. The Morgan fingerprint density at radius 2 is 2.15 bits per heavy atom. The molecule has 0 aliphatic carbocycles. The lowest BCUT2D eigenvalue weighted by molar-refractivity contribution is 0.199. The van der Waals surface area contributed by atoms with Crippen LogP contribution in [0.2, 0.25) is 0 Å². The van der Waals surface area contributed by atoms with Crippen molar-refractivity contribution in [2.24, 2.45) is 5.73 Å². The molecule has 6 nitrogen and oxygen atoms in total. The van der Waals surface area contributed by atoms with E-state index >= 15 is 0 Å². The number of benzene rings is 1. The Morgan fingerprint density at radius 1 is 1.33 bits per heavy atom. The number of likely N-dealkylation sites (tertiary alicyclic amines) is 1. The van der Waals surface area contributed by atoms with Crippen LogP contribution in [0.5, 0.6) is 0 Å². The van der Waals surface area contributed by atoms with E-state index < -0.39 is 5.67 Å². The van der Waals surface area contributed by atoms with Gasteiger partial charge in [-0.2, -0.15) is 5.48 Å². The standard InChI is InChI=1S/C25H35FIN5O/c1-18(32-17-25(3,26)14-21(32)15-28)16-30-19(2)22-10-12-29-24-9-8-20(13-23(22)24)7-5-4-6-11-31-33-27/h8-10,12-13,21,30-31H,1-2,4-7,11,14-17,28H2,3H3. The fraction of sp³-hybridized carbons (Fsp3) is 0.480. The maximum absolute atomic E-state index is 14.5. The van der Waals surface area contributed by atoms with Crippen molar-refractivity contribution in [1.29, 1.82) is 0 Å². The molecule has 2 unspecified atom stereocenters. The Kier molecular flexibility index (Phi) is 9.48. The van der Waals surface area contributed by atoms with Gasteiger partial charge in [-0.15, -0.1) is 0 Å². The first-order valence-corrected chi connectivity index (χ1v) is 12.4. The number of halogens is 2. The Hall–Kier alpha value is -1.75. The number of fused-ring (bicyclic) bond motifs is 1. The summed E-state index contributed by atoms with van der Waals surface area (Å²) in [5, 5.41) is 4.46. The minimum Gasteiger partial charge on any atom is -0.379 e. The van der Waals surface area contributed by atoms with Crippen LogP contribution in [-0.2, 0) is 9.59 Å². The molecule has 33 heavy (non-hydrogen) atoms. The molecule has 0 amide bonds. The van der Waals surface area contributed by atoms with Gasteiger partial charge in [0.05, 0.1) is 18.6 Å². The van der Waals surface area contributed by atoms with Crippen LogP contribution in [0.1, 0.15) is 43.7 Å². The zero-order chi connectivity index (χ0) is 23.8. The molecule has 2 aromatic rings. The highest BCUT2D eigenvalue weighted by Gasteiger charge is 2.40. The van der Waals surface area contributed by atoms with Crippen molar-refractivity contribution in [3.05, 3.63) is 60.4 Å². The summed E-state index contributed by atoms with van der Waals surface area (Å²) in [7, 11) is 0. The van der Waals surface area contributed by atoms with Crippen molar-refractivity contribution in [2.45, 2.75) is 50.7 Å². The fourth-order valence-corrected chi connectivity index (χ4v) is 4.71. The summed E-state index contributed by atoms with van der Waals surface area (Å²) in [6.07, 6.45) is 6.60. The van der Waals surface area contributed by atoms with E-state index in [1.807, 2.05) is 34.0 Å². The number of pyridine rings is 1. The van der Waals surface area contributed by atoms with Crippen LogP contribution in [0, 0.1) is 0 Å². The number of hydrogen-bond acceptors (Lipinski definition) is 6. The van der Waals surface area contributed by atoms with Crippen LogP contribution in [0.3, 0.4) is 0 Å². The second-order valence-corrected chi connectivity index (χ2v) is 9.47. The average Bonchev–Trinajstić information content (AvgIpc) is 3.13. The summed E-state index contributed by atoms with van der Waals surface area (Å²) in [5.41, 5.74) is 12.4. The molecule has 0 spiro atoms. The van der Waals surface area contributed by atoms with Crippen molar-refractivity contribution < 1.29 is 7.56 Å². The lowest BCUT2D eigenvalue weighted by atomic mass is 10.0. The van der Waals surface area contributed by atoms with Gasteiger partial charge in [-0.3, -0.25) is 4.98 Å². The van der Waals surface area contributed by atoms with E-state index in [9.17, 15) is 4.39 Å². The van der Waals surface area contributed by atoms with Gasteiger partial charge in [0, 0.05) is 54.1 Å². The lowest BCUT2D eigenvalue weighted by Gasteiger charge is -2.28. The number of nitrogens with two attached hydrogens (primary N) is 1. The van der Waals surface area contributed by atoms with Crippen LogP contribution in [0.4, 0.5) is 4.39 Å². The Morgan fingerprint density at radius 3 is 2.91 bits per heavy atom. The predicted molar refractivity (Wildman–Crippen MR) is 142 cm³/mol. The van der Waals surface area contributed by atoms with E-state index in [0.717, 1.165) is 60.1 Å². The molecule has 0 saturated carbocycles. The van der Waals surface area contributed by atoms with Gasteiger partial charge in [-0.05, 0) is 49.9 Å². The zero-order valence-corrected chi connectivity index (χ0v) is 21.5. The number of alkyl halides is 1. The molecule has 1 aliphatic heterocycles. The molecule has 1 aromatic carbocycles. The molecule has 1 saturated heterocycles. The van der Waals surface area contributed by atoms with Crippen LogP contribution in [0.15, 0.2) is 49.3 Å². The first kappa shape index (κ1) is 25.9. The third-order valence-electron chi connectivity index (χ3n) is 6.22. The number of hydrogen-bond donors (Lipinski definition) is 3. The van der Waals surface area contributed by atoms with E-state index in [1.54, 1.807) is 13.1 Å². The maximum Gasteiger partial charge on any atom is 0.136 e. The van der Waals surface area contributed by atoms with E-state index in [4.69, 9.17) is 8.90 Å². The topological polar surface area (TPSA) is 75.4 Å². The fourth-order valence-electron chi connectivity index (χ4n) is 4.49. The van der Waals surface area contributed by atoms with Gasteiger partial charge in [0.1, 0.15) is 28.7 Å². The van der Waals surface area contributed by atoms with Gasteiger partial charge in [0.25, 0.3) is 0 Å². The quantitative estimate of drug-likeness (QED) is 0.186. The van der Waals surface area contributed by atoms with Crippen LogP contribution in [0.25, 0.3) is 16.6 Å². The molecule has 8 heteroatoms. The minimum absolute atomic E-state index is 0.0169. The Bertz CT molecular complexity index is 967. The Labute approximate surface area is 210 Å². The molecule has 1 fully saturated rings.